The third-order valence-corrected chi connectivity index (χ3v) is 7.49. The van der Waals surface area contributed by atoms with Crippen molar-refractivity contribution in [1.82, 2.24) is 4.90 Å². The summed E-state index contributed by atoms with van der Waals surface area (Å²) in [5, 5.41) is 8.88. The lowest BCUT2D eigenvalue weighted by molar-refractivity contribution is -0.166. The second-order valence-electron chi connectivity index (χ2n) is 11.3. The maximum absolute atomic E-state index is 13.7. The summed E-state index contributed by atoms with van der Waals surface area (Å²) in [5.74, 6) is -2.88. The first-order chi connectivity index (χ1) is 20.5. The second-order valence-corrected chi connectivity index (χ2v) is 11.3. The number of Topliss-reactive ketones (excluding diaryl/α,β-unsaturated/α-hetero) is 1. The first-order valence-corrected chi connectivity index (χ1v) is 15.2. The molecule has 1 saturated heterocycles. The summed E-state index contributed by atoms with van der Waals surface area (Å²) in [5.41, 5.74) is 1.57. The lowest BCUT2D eigenvalue weighted by Gasteiger charge is -2.29. The van der Waals surface area contributed by atoms with Gasteiger partial charge in [0.1, 0.15) is 6.61 Å². The Hall–Kier alpha value is -3.37. The number of methoxy groups -OCH3 is 1. The number of allylic oxidation sites excluding steroid dienone is 1. The van der Waals surface area contributed by atoms with Crippen LogP contribution in [-0.4, -0.2) is 78.1 Å². The molecule has 2 amide bonds. The number of nitrogens with zero attached hydrogens (tertiary/aromatic N) is 1. The number of esters is 1. The summed E-state index contributed by atoms with van der Waals surface area (Å²) in [6.07, 6.45) is 4.65. The zero-order valence-electron chi connectivity index (χ0n) is 26.1. The van der Waals surface area contributed by atoms with Crippen molar-refractivity contribution in [1.29, 1.82) is 0 Å². The molecule has 3 atom stereocenters. The van der Waals surface area contributed by atoms with E-state index in [9.17, 15) is 24.0 Å². The van der Waals surface area contributed by atoms with Crippen LogP contribution in [0.2, 0.25) is 0 Å². The number of aryl methyl sites for hydroxylation is 1. The SMILES string of the molecule is COC(C(=O)N1C(=O)OCC1C(C)C)C(OC(C)=O)C(=O)C=C(C(=O)CCCCCCCCCCO)c1cccc(C)c1. The van der Waals surface area contributed by atoms with Gasteiger partial charge in [-0.25, -0.2) is 9.69 Å². The first-order valence-electron chi connectivity index (χ1n) is 15.2. The standard InChI is InChI=1S/C33H47NO9/c1-22(2)27-21-42-33(40)34(27)32(39)31(41-5)30(43-24(4)36)29(38)20-26(25-16-14-15-23(3)19-25)28(37)17-12-10-8-6-7-9-11-13-18-35/h14-16,19-20,22,27,30-31,35H,6-13,17-18,21H2,1-5H3. The lowest BCUT2D eigenvalue weighted by Crippen LogP contribution is -2.53. The number of carbonyl (C=O) groups excluding carboxylic acids is 5. The van der Waals surface area contributed by atoms with Crippen molar-refractivity contribution in [3.8, 4) is 0 Å². The normalized spacial score (nSPS) is 16.6. The Kier molecular flexibility index (Phi) is 15.3. The van der Waals surface area contributed by atoms with Gasteiger partial charge in [-0.15, -0.1) is 0 Å². The van der Waals surface area contributed by atoms with E-state index in [1.165, 1.54) is 7.11 Å². The molecule has 0 aliphatic carbocycles. The molecule has 0 radical (unpaired) electrons. The molecule has 238 valence electrons. The maximum Gasteiger partial charge on any atom is 0.417 e. The van der Waals surface area contributed by atoms with Crippen molar-refractivity contribution in [2.24, 2.45) is 5.92 Å². The third kappa shape index (κ3) is 11.0. The molecule has 1 aliphatic rings. The number of hydrogen-bond donors (Lipinski definition) is 1. The topological polar surface area (TPSA) is 137 Å². The van der Waals surface area contributed by atoms with E-state index >= 15 is 0 Å². The van der Waals surface area contributed by atoms with E-state index in [-0.39, 0.29) is 36.9 Å². The minimum atomic E-state index is -1.73. The number of amides is 2. The van der Waals surface area contributed by atoms with Crippen LogP contribution in [-0.2, 0) is 33.4 Å². The van der Waals surface area contributed by atoms with Gasteiger partial charge in [-0.05, 0) is 37.3 Å². The van der Waals surface area contributed by atoms with Gasteiger partial charge in [0.2, 0.25) is 0 Å². The van der Waals surface area contributed by atoms with Crippen molar-refractivity contribution in [3.05, 3.63) is 41.5 Å². The van der Waals surface area contributed by atoms with E-state index in [1.54, 1.807) is 18.2 Å². The van der Waals surface area contributed by atoms with Crippen LogP contribution in [0.15, 0.2) is 30.3 Å². The molecule has 10 heteroatoms. The number of carbonyl (C=O) groups is 5. The number of hydrogen-bond acceptors (Lipinski definition) is 9. The van der Waals surface area contributed by atoms with Gasteiger partial charge in [-0.2, -0.15) is 0 Å². The summed E-state index contributed by atoms with van der Waals surface area (Å²) in [4.78, 5) is 66.1. The number of ketones is 2. The fourth-order valence-electron chi connectivity index (χ4n) is 5.07. The Morgan fingerprint density at radius 1 is 1.02 bits per heavy atom. The van der Waals surface area contributed by atoms with Crippen LogP contribution in [0.1, 0.15) is 89.7 Å². The van der Waals surface area contributed by atoms with E-state index in [0.717, 1.165) is 68.4 Å². The van der Waals surface area contributed by atoms with Crippen LogP contribution < -0.4 is 0 Å². The van der Waals surface area contributed by atoms with E-state index in [4.69, 9.17) is 19.3 Å². The van der Waals surface area contributed by atoms with Crippen LogP contribution in [0, 0.1) is 12.8 Å². The predicted octanol–water partition coefficient (Wildman–Crippen LogP) is 4.97. The van der Waals surface area contributed by atoms with E-state index in [2.05, 4.69) is 0 Å². The van der Waals surface area contributed by atoms with Crippen LogP contribution in [0.25, 0.3) is 5.57 Å². The van der Waals surface area contributed by atoms with Crippen LogP contribution in [0.4, 0.5) is 4.79 Å². The van der Waals surface area contributed by atoms with Crippen LogP contribution in [0.3, 0.4) is 0 Å². The molecule has 3 unspecified atom stereocenters. The van der Waals surface area contributed by atoms with Gasteiger partial charge in [-0.1, -0.05) is 82.2 Å². The number of aliphatic hydroxyl groups is 1. The van der Waals surface area contributed by atoms with Crippen LogP contribution >= 0.6 is 0 Å². The molecular weight excluding hydrogens is 554 g/mol. The Labute approximate surface area is 254 Å². The minimum Gasteiger partial charge on any atom is -0.451 e. The van der Waals surface area contributed by atoms with E-state index in [0.29, 0.717) is 12.0 Å². The zero-order valence-corrected chi connectivity index (χ0v) is 26.1. The molecule has 0 saturated carbocycles. The second kappa shape index (κ2) is 18.3. The highest BCUT2D eigenvalue weighted by Crippen LogP contribution is 2.25. The summed E-state index contributed by atoms with van der Waals surface area (Å²) in [6, 6.07) is 6.59. The monoisotopic (exact) mass is 601 g/mol. The highest BCUT2D eigenvalue weighted by Gasteiger charge is 2.47. The van der Waals surface area contributed by atoms with Crippen molar-refractivity contribution >= 4 is 35.1 Å². The minimum absolute atomic E-state index is 0.000474. The number of ether oxygens (including phenoxy) is 3. The van der Waals surface area contributed by atoms with Crippen molar-refractivity contribution < 1.29 is 43.3 Å². The van der Waals surface area contributed by atoms with Crippen molar-refractivity contribution in [2.45, 2.75) is 104 Å². The van der Waals surface area contributed by atoms with Gasteiger partial charge in [0.15, 0.2) is 23.8 Å². The maximum atomic E-state index is 13.7. The Bertz CT molecular complexity index is 1140. The molecule has 1 fully saturated rings. The Morgan fingerprint density at radius 3 is 2.21 bits per heavy atom. The number of rotatable bonds is 19. The smallest absolute Gasteiger partial charge is 0.417 e. The van der Waals surface area contributed by atoms with Crippen LogP contribution in [0.5, 0.6) is 0 Å². The molecule has 1 aromatic carbocycles. The lowest BCUT2D eigenvalue weighted by atomic mass is 9.93. The van der Waals surface area contributed by atoms with E-state index in [1.807, 2.05) is 26.8 Å². The van der Waals surface area contributed by atoms with Gasteiger partial charge in [0, 0.05) is 32.6 Å². The number of benzene rings is 1. The van der Waals surface area contributed by atoms with Gasteiger partial charge < -0.3 is 19.3 Å². The molecule has 1 aliphatic heterocycles. The number of imide groups is 1. The van der Waals surface area contributed by atoms with Gasteiger partial charge in [0.05, 0.1) is 6.04 Å². The molecule has 43 heavy (non-hydrogen) atoms. The quantitative estimate of drug-likeness (QED) is 0.132. The predicted molar refractivity (Wildman–Crippen MR) is 161 cm³/mol. The summed E-state index contributed by atoms with van der Waals surface area (Å²) < 4.78 is 15.7. The highest BCUT2D eigenvalue weighted by atomic mass is 16.6. The molecule has 1 N–H and O–H groups in total. The summed E-state index contributed by atoms with van der Waals surface area (Å²) >= 11 is 0. The fourth-order valence-corrected chi connectivity index (χ4v) is 5.07. The average Bonchev–Trinajstić information content (AvgIpc) is 3.35. The average molecular weight is 602 g/mol. The molecule has 1 heterocycles. The number of aliphatic hydroxyl groups excluding tert-OH is 1. The third-order valence-electron chi connectivity index (χ3n) is 7.49. The van der Waals surface area contributed by atoms with E-state index < -0.39 is 42.0 Å². The first kappa shape index (κ1) is 35.8. The highest BCUT2D eigenvalue weighted by molar-refractivity contribution is 6.25. The Balaban J connectivity index is 2.28. The molecule has 0 spiro atoms. The van der Waals surface area contributed by atoms with Gasteiger partial charge in [0.25, 0.3) is 5.91 Å². The molecular formula is C33H47NO9. The Morgan fingerprint density at radius 2 is 1.65 bits per heavy atom. The number of cyclic esters (lactones) is 1. The van der Waals surface area contributed by atoms with Crippen molar-refractivity contribution in [2.75, 3.05) is 20.3 Å². The molecule has 10 nitrogen and oxygen atoms in total. The summed E-state index contributed by atoms with van der Waals surface area (Å²) in [7, 11) is 1.18. The largest absolute Gasteiger partial charge is 0.451 e. The molecule has 2 rings (SSSR count). The molecule has 0 bridgehead atoms. The summed E-state index contributed by atoms with van der Waals surface area (Å²) in [6.45, 7) is 6.84. The zero-order chi connectivity index (χ0) is 31.9. The fraction of sp³-hybridized carbons (Fsp3) is 0.606. The molecule has 0 aromatic heterocycles. The van der Waals surface area contributed by atoms with Crippen molar-refractivity contribution in [3.63, 3.8) is 0 Å². The van der Waals surface area contributed by atoms with Gasteiger partial charge in [-0.3, -0.25) is 19.2 Å². The van der Waals surface area contributed by atoms with Gasteiger partial charge >= 0.3 is 12.1 Å². The number of unbranched alkanes of at least 4 members (excludes halogenated alkanes) is 7. The molecule has 1 aromatic rings.